The number of nitrogens with zero attached hydrogens (tertiary/aromatic N) is 2. The second-order valence-corrected chi connectivity index (χ2v) is 3.47. The van der Waals surface area contributed by atoms with E-state index in [0.29, 0.717) is 5.92 Å². The number of hydrogen-bond acceptors (Lipinski definition) is 2. The Morgan fingerprint density at radius 1 is 1.75 bits per heavy atom. The summed E-state index contributed by atoms with van der Waals surface area (Å²) in [6.45, 7) is 4.00. The zero-order chi connectivity index (χ0) is 8.55. The van der Waals surface area contributed by atoms with Gasteiger partial charge in [0.05, 0.1) is 12.0 Å². The maximum Gasteiger partial charge on any atom is 0.0951 e. The fraction of sp³-hybridized carbons (Fsp3) is 0.667. The van der Waals surface area contributed by atoms with Gasteiger partial charge in [0.25, 0.3) is 0 Å². The number of rotatable bonds is 2. The van der Waals surface area contributed by atoms with Crippen molar-refractivity contribution in [1.29, 1.82) is 0 Å². The molecule has 0 aliphatic carbocycles. The van der Waals surface area contributed by atoms with E-state index in [-0.39, 0.29) is 0 Å². The van der Waals surface area contributed by atoms with Crippen LogP contribution in [0.4, 0.5) is 0 Å². The van der Waals surface area contributed by atoms with Gasteiger partial charge in [-0.05, 0) is 26.3 Å². The first kappa shape index (κ1) is 7.80. The second kappa shape index (κ2) is 2.90. The van der Waals surface area contributed by atoms with Crippen molar-refractivity contribution in [3.8, 4) is 0 Å². The summed E-state index contributed by atoms with van der Waals surface area (Å²) >= 11 is 0. The molecule has 2 heterocycles. The van der Waals surface area contributed by atoms with Crippen LogP contribution >= 0.6 is 0 Å². The van der Waals surface area contributed by atoms with Crippen LogP contribution < -0.4 is 5.73 Å². The summed E-state index contributed by atoms with van der Waals surface area (Å²) in [6.07, 6.45) is 4.30. The molecule has 1 atom stereocenters. The first-order chi connectivity index (χ1) is 5.83. The van der Waals surface area contributed by atoms with E-state index in [1.165, 1.54) is 17.8 Å². The van der Waals surface area contributed by atoms with Crippen LogP contribution in [0, 0.1) is 6.92 Å². The lowest BCUT2D eigenvalue weighted by atomic mass is 10.00. The molecule has 1 aromatic heterocycles. The van der Waals surface area contributed by atoms with Crippen LogP contribution in [0.1, 0.15) is 30.1 Å². The van der Waals surface area contributed by atoms with Gasteiger partial charge in [0, 0.05) is 18.2 Å². The number of aromatic nitrogens is 2. The SMILES string of the molecule is Cc1ncn2c1C(CCN)CC2. The van der Waals surface area contributed by atoms with E-state index in [4.69, 9.17) is 5.73 Å². The minimum absolute atomic E-state index is 0.664. The van der Waals surface area contributed by atoms with E-state index in [0.717, 1.165) is 19.5 Å². The minimum Gasteiger partial charge on any atom is -0.334 e. The summed E-state index contributed by atoms with van der Waals surface area (Å²) in [7, 11) is 0. The third kappa shape index (κ3) is 1.05. The third-order valence-corrected chi connectivity index (χ3v) is 2.69. The lowest BCUT2D eigenvalue weighted by molar-refractivity contribution is 0.614. The van der Waals surface area contributed by atoms with Crippen LogP contribution in [0.25, 0.3) is 0 Å². The molecule has 1 aromatic rings. The van der Waals surface area contributed by atoms with Gasteiger partial charge in [-0.2, -0.15) is 0 Å². The van der Waals surface area contributed by atoms with Gasteiger partial charge < -0.3 is 10.3 Å². The lowest BCUT2D eigenvalue weighted by Crippen LogP contribution is -2.05. The molecule has 0 saturated carbocycles. The van der Waals surface area contributed by atoms with Gasteiger partial charge in [0.1, 0.15) is 0 Å². The molecule has 2 N–H and O–H groups in total. The van der Waals surface area contributed by atoms with Crippen molar-refractivity contribution in [2.24, 2.45) is 5.73 Å². The number of nitrogens with two attached hydrogens (primary N) is 1. The molecule has 0 radical (unpaired) electrons. The van der Waals surface area contributed by atoms with Crippen LogP contribution in [0.2, 0.25) is 0 Å². The Morgan fingerprint density at radius 2 is 2.58 bits per heavy atom. The molecule has 1 aliphatic rings. The van der Waals surface area contributed by atoms with Crippen molar-refractivity contribution < 1.29 is 0 Å². The smallest absolute Gasteiger partial charge is 0.0951 e. The molecule has 3 nitrogen and oxygen atoms in total. The molecule has 0 aromatic carbocycles. The summed E-state index contributed by atoms with van der Waals surface area (Å²) in [6, 6.07) is 0. The van der Waals surface area contributed by atoms with Gasteiger partial charge in [-0.25, -0.2) is 4.98 Å². The van der Waals surface area contributed by atoms with Crippen molar-refractivity contribution in [3.05, 3.63) is 17.7 Å². The third-order valence-electron chi connectivity index (χ3n) is 2.69. The Hall–Kier alpha value is -0.830. The van der Waals surface area contributed by atoms with Crippen LogP contribution in [-0.2, 0) is 6.54 Å². The molecular weight excluding hydrogens is 150 g/mol. The molecule has 12 heavy (non-hydrogen) atoms. The number of fused-ring (bicyclic) bond motifs is 1. The summed E-state index contributed by atoms with van der Waals surface area (Å²) in [5.41, 5.74) is 8.16. The Balaban J connectivity index is 2.27. The Labute approximate surface area is 72.6 Å². The van der Waals surface area contributed by atoms with E-state index < -0.39 is 0 Å². The molecule has 0 amide bonds. The molecule has 1 aliphatic heterocycles. The predicted octanol–water partition coefficient (Wildman–Crippen LogP) is 1.03. The van der Waals surface area contributed by atoms with Crippen LogP contribution in [-0.4, -0.2) is 16.1 Å². The van der Waals surface area contributed by atoms with Gasteiger partial charge in [-0.1, -0.05) is 0 Å². The Bertz CT molecular complexity index is 277. The van der Waals surface area contributed by atoms with Gasteiger partial charge in [-0.3, -0.25) is 0 Å². The molecular formula is C9H15N3. The van der Waals surface area contributed by atoms with Crippen LogP contribution in [0.15, 0.2) is 6.33 Å². The van der Waals surface area contributed by atoms with E-state index in [2.05, 4.69) is 16.5 Å². The topological polar surface area (TPSA) is 43.8 Å². The molecule has 3 heteroatoms. The maximum atomic E-state index is 5.55. The highest BCUT2D eigenvalue weighted by atomic mass is 15.1. The summed E-state index contributed by atoms with van der Waals surface area (Å²) in [5, 5.41) is 0. The number of imidazole rings is 1. The van der Waals surface area contributed by atoms with Gasteiger partial charge in [0.15, 0.2) is 0 Å². The van der Waals surface area contributed by atoms with E-state index in [9.17, 15) is 0 Å². The summed E-state index contributed by atoms with van der Waals surface area (Å²) < 4.78 is 2.26. The highest BCUT2D eigenvalue weighted by Gasteiger charge is 2.23. The molecule has 0 bridgehead atoms. The van der Waals surface area contributed by atoms with Crippen molar-refractivity contribution in [3.63, 3.8) is 0 Å². The molecule has 0 saturated heterocycles. The Kier molecular flexibility index (Phi) is 1.89. The van der Waals surface area contributed by atoms with Gasteiger partial charge >= 0.3 is 0 Å². The average molecular weight is 165 g/mol. The fourth-order valence-corrected chi connectivity index (χ4v) is 2.11. The van der Waals surface area contributed by atoms with Crippen molar-refractivity contribution in [2.45, 2.75) is 32.2 Å². The maximum absolute atomic E-state index is 5.55. The molecule has 0 spiro atoms. The largest absolute Gasteiger partial charge is 0.334 e. The highest BCUT2D eigenvalue weighted by molar-refractivity contribution is 5.19. The normalized spacial score (nSPS) is 21.3. The molecule has 0 fully saturated rings. The first-order valence-electron chi connectivity index (χ1n) is 4.54. The predicted molar refractivity (Wildman–Crippen MR) is 48.0 cm³/mol. The van der Waals surface area contributed by atoms with Gasteiger partial charge in [-0.15, -0.1) is 0 Å². The molecule has 2 rings (SSSR count). The van der Waals surface area contributed by atoms with E-state index >= 15 is 0 Å². The first-order valence-corrected chi connectivity index (χ1v) is 4.54. The monoisotopic (exact) mass is 165 g/mol. The quantitative estimate of drug-likeness (QED) is 0.711. The van der Waals surface area contributed by atoms with Crippen LogP contribution in [0.5, 0.6) is 0 Å². The molecule has 66 valence electrons. The van der Waals surface area contributed by atoms with Crippen molar-refractivity contribution in [2.75, 3.05) is 6.54 Å². The zero-order valence-electron chi connectivity index (χ0n) is 7.45. The minimum atomic E-state index is 0.664. The number of hydrogen-bond donors (Lipinski definition) is 1. The van der Waals surface area contributed by atoms with Crippen molar-refractivity contribution >= 4 is 0 Å². The summed E-state index contributed by atoms with van der Waals surface area (Å²) in [4.78, 5) is 4.29. The second-order valence-electron chi connectivity index (χ2n) is 3.47. The summed E-state index contributed by atoms with van der Waals surface area (Å²) in [5.74, 6) is 0.664. The van der Waals surface area contributed by atoms with E-state index in [1.807, 2.05) is 6.33 Å². The molecule has 1 unspecified atom stereocenters. The Morgan fingerprint density at radius 3 is 3.33 bits per heavy atom. The lowest BCUT2D eigenvalue weighted by Gasteiger charge is -2.07. The average Bonchev–Trinajstić information content (AvgIpc) is 2.58. The van der Waals surface area contributed by atoms with Crippen LogP contribution in [0.3, 0.4) is 0 Å². The van der Waals surface area contributed by atoms with Crippen molar-refractivity contribution in [1.82, 2.24) is 9.55 Å². The fourth-order valence-electron chi connectivity index (χ4n) is 2.11. The standard InChI is InChI=1S/C9H15N3/c1-7-9-8(2-4-10)3-5-12(9)6-11-7/h6,8H,2-5,10H2,1H3. The highest BCUT2D eigenvalue weighted by Crippen LogP contribution is 2.31. The number of aryl methyl sites for hydroxylation is 2. The van der Waals surface area contributed by atoms with E-state index in [1.54, 1.807) is 0 Å². The zero-order valence-corrected chi connectivity index (χ0v) is 7.45. The van der Waals surface area contributed by atoms with Gasteiger partial charge in [0.2, 0.25) is 0 Å².